The maximum atomic E-state index is 5.64. The molecule has 1 aromatic carbocycles. The van der Waals surface area contributed by atoms with Gasteiger partial charge in [-0.3, -0.25) is 0 Å². The topological polar surface area (TPSA) is 99.1 Å². The van der Waals surface area contributed by atoms with E-state index in [2.05, 4.69) is 41.4 Å². The molecule has 0 fully saturated rings. The number of hydrazine groups is 1. The zero-order valence-electron chi connectivity index (χ0n) is 11.6. The highest BCUT2D eigenvalue weighted by Crippen LogP contribution is 2.25. The van der Waals surface area contributed by atoms with Crippen LogP contribution in [-0.2, 0) is 0 Å². The van der Waals surface area contributed by atoms with E-state index in [9.17, 15) is 0 Å². The highest BCUT2D eigenvalue weighted by atomic mass is 16.5. The zero-order valence-corrected chi connectivity index (χ0v) is 11.6. The number of hydrogen-bond acceptors (Lipinski definition) is 6. The average Bonchev–Trinajstić information content (AvgIpc) is 2.46. The van der Waals surface area contributed by atoms with Gasteiger partial charge in [0.1, 0.15) is 11.6 Å². The predicted octanol–water partition coefficient (Wildman–Crippen LogP) is 2.65. The van der Waals surface area contributed by atoms with Crippen LogP contribution in [0.25, 0.3) is 0 Å². The van der Waals surface area contributed by atoms with Gasteiger partial charge in [0.05, 0.1) is 0 Å². The van der Waals surface area contributed by atoms with Crippen LogP contribution in [0.5, 0.6) is 11.6 Å². The first kappa shape index (κ1) is 14.1. The Hall–Kier alpha value is -2.34. The van der Waals surface area contributed by atoms with Gasteiger partial charge in [-0.1, -0.05) is 26.0 Å². The van der Waals surface area contributed by atoms with Crippen molar-refractivity contribution in [3.05, 3.63) is 35.9 Å². The van der Waals surface area contributed by atoms with Crippen LogP contribution in [0.4, 0.5) is 11.8 Å². The average molecular weight is 273 g/mol. The molecular formula is C14H19N5O. The fraction of sp³-hybridized carbons (Fsp3) is 0.286. The van der Waals surface area contributed by atoms with Gasteiger partial charge in [0.15, 0.2) is 0 Å². The number of anilines is 2. The van der Waals surface area contributed by atoms with E-state index < -0.39 is 0 Å². The van der Waals surface area contributed by atoms with Gasteiger partial charge >= 0.3 is 0 Å². The predicted molar refractivity (Wildman–Crippen MR) is 79.5 cm³/mol. The number of nitrogens with two attached hydrogens (primary N) is 2. The summed E-state index contributed by atoms with van der Waals surface area (Å²) < 4.78 is 5.64. The van der Waals surface area contributed by atoms with Crippen molar-refractivity contribution in [1.29, 1.82) is 0 Å². The van der Waals surface area contributed by atoms with E-state index in [4.69, 9.17) is 16.3 Å². The summed E-state index contributed by atoms with van der Waals surface area (Å²) in [7, 11) is 0. The minimum absolute atomic E-state index is 0.103. The minimum Gasteiger partial charge on any atom is -0.439 e. The van der Waals surface area contributed by atoms with Gasteiger partial charge in [0, 0.05) is 6.07 Å². The summed E-state index contributed by atoms with van der Waals surface area (Å²) in [4.78, 5) is 7.89. The van der Waals surface area contributed by atoms with E-state index in [0.29, 0.717) is 23.4 Å². The van der Waals surface area contributed by atoms with E-state index in [1.807, 2.05) is 12.1 Å². The number of nitrogens with one attached hydrogen (secondary N) is 1. The molecule has 0 aliphatic rings. The molecule has 106 valence electrons. The first-order valence-corrected chi connectivity index (χ1v) is 6.51. The fourth-order valence-corrected chi connectivity index (χ4v) is 1.79. The highest BCUT2D eigenvalue weighted by molar-refractivity contribution is 5.43. The summed E-state index contributed by atoms with van der Waals surface area (Å²) in [6, 6.07) is 9.51. The molecule has 1 aromatic heterocycles. The lowest BCUT2D eigenvalue weighted by atomic mass is 9.99. The molecule has 2 rings (SSSR count). The fourth-order valence-electron chi connectivity index (χ4n) is 1.79. The molecule has 2 aromatic rings. The summed E-state index contributed by atoms with van der Waals surface area (Å²) >= 11 is 0. The second-order valence-electron chi connectivity index (χ2n) is 4.57. The number of benzene rings is 1. The van der Waals surface area contributed by atoms with Gasteiger partial charge < -0.3 is 15.9 Å². The van der Waals surface area contributed by atoms with Gasteiger partial charge in [-0.25, -0.2) is 5.84 Å². The molecule has 0 aliphatic carbocycles. The van der Waals surface area contributed by atoms with Crippen LogP contribution in [-0.4, -0.2) is 9.97 Å². The molecule has 1 atom stereocenters. The lowest BCUT2D eigenvalue weighted by molar-refractivity contribution is 0.462. The number of ether oxygens (including phenoxy) is 1. The van der Waals surface area contributed by atoms with E-state index >= 15 is 0 Å². The molecule has 0 amide bonds. The van der Waals surface area contributed by atoms with Gasteiger partial charge in [0.25, 0.3) is 0 Å². The van der Waals surface area contributed by atoms with Crippen molar-refractivity contribution in [3.8, 4) is 11.6 Å². The first-order chi connectivity index (χ1) is 9.62. The molecule has 0 aliphatic heterocycles. The quantitative estimate of drug-likeness (QED) is 0.572. The number of hydrogen-bond donors (Lipinski definition) is 3. The molecule has 0 bridgehead atoms. The third-order valence-electron chi connectivity index (χ3n) is 3.15. The Kier molecular flexibility index (Phi) is 4.37. The smallest absolute Gasteiger partial charge is 0.226 e. The summed E-state index contributed by atoms with van der Waals surface area (Å²) in [5, 5.41) is 0. The molecule has 20 heavy (non-hydrogen) atoms. The molecule has 0 saturated heterocycles. The van der Waals surface area contributed by atoms with Crippen molar-refractivity contribution in [1.82, 2.24) is 9.97 Å². The van der Waals surface area contributed by atoms with Crippen molar-refractivity contribution in [2.24, 2.45) is 5.84 Å². The molecule has 0 radical (unpaired) electrons. The van der Waals surface area contributed by atoms with E-state index in [-0.39, 0.29) is 5.95 Å². The highest BCUT2D eigenvalue weighted by Gasteiger charge is 2.06. The van der Waals surface area contributed by atoms with Crippen molar-refractivity contribution >= 4 is 11.8 Å². The van der Waals surface area contributed by atoms with Crippen LogP contribution >= 0.6 is 0 Å². The second-order valence-corrected chi connectivity index (χ2v) is 4.57. The molecule has 0 saturated carbocycles. The summed E-state index contributed by atoms with van der Waals surface area (Å²) in [6.07, 6.45) is 1.11. The summed E-state index contributed by atoms with van der Waals surface area (Å²) in [5.41, 5.74) is 9.27. The molecule has 6 nitrogen and oxygen atoms in total. The number of nitrogen functional groups attached to an aromatic ring is 2. The normalized spacial score (nSPS) is 11.9. The monoisotopic (exact) mass is 273 g/mol. The van der Waals surface area contributed by atoms with Crippen LogP contribution in [0.3, 0.4) is 0 Å². The van der Waals surface area contributed by atoms with Crippen LogP contribution < -0.4 is 21.7 Å². The first-order valence-electron chi connectivity index (χ1n) is 6.51. The van der Waals surface area contributed by atoms with Gasteiger partial charge in [-0.2, -0.15) is 9.97 Å². The molecule has 1 unspecified atom stereocenters. The molecule has 6 heteroatoms. The Morgan fingerprint density at radius 3 is 2.55 bits per heavy atom. The molecule has 5 N–H and O–H groups in total. The number of rotatable bonds is 5. The summed E-state index contributed by atoms with van der Waals surface area (Å²) in [5.74, 6) is 7.38. The Morgan fingerprint density at radius 2 is 1.95 bits per heavy atom. The van der Waals surface area contributed by atoms with Crippen LogP contribution in [0.2, 0.25) is 0 Å². The minimum atomic E-state index is 0.103. The second kappa shape index (κ2) is 6.21. The van der Waals surface area contributed by atoms with Gasteiger partial charge in [-0.15, -0.1) is 0 Å². The third-order valence-corrected chi connectivity index (χ3v) is 3.15. The molecule has 1 heterocycles. The van der Waals surface area contributed by atoms with E-state index in [0.717, 1.165) is 6.42 Å². The van der Waals surface area contributed by atoms with Crippen molar-refractivity contribution < 1.29 is 4.74 Å². The maximum Gasteiger partial charge on any atom is 0.226 e. The van der Waals surface area contributed by atoms with E-state index in [1.165, 1.54) is 5.56 Å². The summed E-state index contributed by atoms with van der Waals surface area (Å²) in [6.45, 7) is 4.36. The molecular weight excluding hydrogens is 254 g/mol. The van der Waals surface area contributed by atoms with E-state index in [1.54, 1.807) is 6.07 Å². The lowest BCUT2D eigenvalue weighted by Crippen LogP contribution is -2.10. The largest absolute Gasteiger partial charge is 0.439 e. The SMILES string of the molecule is CCC(C)c1ccc(Oc2cc(NN)nc(N)n2)cc1. The Balaban J connectivity index is 2.15. The number of nitrogens with zero attached hydrogens (tertiary/aromatic N) is 2. The van der Waals surface area contributed by atoms with Crippen molar-refractivity contribution in [2.75, 3.05) is 11.2 Å². The Morgan fingerprint density at radius 1 is 1.25 bits per heavy atom. The zero-order chi connectivity index (χ0) is 14.5. The maximum absolute atomic E-state index is 5.64. The number of aromatic nitrogens is 2. The van der Waals surface area contributed by atoms with Crippen molar-refractivity contribution in [3.63, 3.8) is 0 Å². The van der Waals surface area contributed by atoms with Crippen LogP contribution in [0.15, 0.2) is 30.3 Å². The van der Waals surface area contributed by atoms with Crippen LogP contribution in [0, 0.1) is 0 Å². The Bertz CT molecular complexity index is 570. The molecule has 0 spiro atoms. The van der Waals surface area contributed by atoms with Crippen molar-refractivity contribution in [2.45, 2.75) is 26.2 Å². The van der Waals surface area contributed by atoms with Gasteiger partial charge in [-0.05, 0) is 30.0 Å². The standard InChI is InChI=1S/C14H19N5O/c1-3-9(2)10-4-6-11(7-5-10)20-13-8-12(19-16)17-14(15)18-13/h4-9H,3,16H2,1-2H3,(H3,15,17,18,19). The van der Waals surface area contributed by atoms with Gasteiger partial charge in [0.2, 0.25) is 11.8 Å². The lowest BCUT2D eigenvalue weighted by Gasteiger charge is -2.10. The van der Waals surface area contributed by atoms with Crippen LogP contribution in [0.1, 0.15) is 31.7 Å². The Labute approximate surface area is 118 Å². The third kappa shape index (κ3) is 3.36.